The lowest BCUT2D eigenvalue weighted by atomic mass is 9.96. The first-order valence-electron chi connectivity index (χ1n) is 2.65. The molecule has 0 amide bonds. The van der Waals surface area contributed by atoms with Crippen LogP contribution >= 0.6 is 0 Å². The molecule has 0 saturated heterocycles. The number of rotatable bonds is 0. The third kappa shape index (κ3) is 1.22. The molecule has 0 spiro atoms. The third-order valence-corrected chi connectivity index (χ3v) is 1.16. The largest absolute Gasteiger partial charge is 0.508 e. The summed E-state index contributed by atoms with van der Waals surface area (Å²) in [6.45, 7) is 0. The lowest BCUT2D eigenvalue weighted by molar-refractivity contribution is 0.470. The monoisotopic (exact) mass is 124 g/mol. The van der Waals surface area contributed by atoms with Crippen molar-refractivity contribution in [2.45, 2.75) is 0 Å². The Labute approximate surface area is 53.5 Å². The van der Waals surface area contributed by atoms with E-state index < -0.39 is 0 Å². The van der Waals surface area contributed by atoms with Crippen molar-refractivity contribution in [1.82, 2.24) is 0 Å². The van der Waals surface area contributed by atoms with E-state index >= 15 is 0 Å². The van der Waals surface area contributed by atoms with Crippen molar-refractivity contribution in [3.63, 3.8) is 0 Å². The second-order valence-electron chi connectivity index (χ2n) is 1.93. The number of phenols is 1. The van der Waals surface area contributed by atoms with Crippen molar-refractivity contribution in [2.24, 2.45) is 0 Å². The zero-order valence-corrected chi connectivity index (χ0v) is 5.06. The highest BCUT2D eigenvalue weighted by Crippen LogP contribution is 2.05. The number of halogens is 1. The van der Waals surface area contributed by atoms with E-state index in [1.165, 1.54) is 12.1 Å². The molecule has 46 valence electrons. The quantitative estimate of drug-likeness (QED) is 0.474. The van der Waals surface area contributed by atoms with Gasteiger partial charge >= 0.3 is 0 Å². The maximum atomic E-state index is 12.4. The molecule has 3 heteroatoms. The van der Waals surface area contributed by atoms with Crippen molar-refractivity contribution in [3.05, 3.63) is 24.0 Å². The molecule has 1 aromatic carbocycles. The summed E-state index contributed by atoms with van der Waals surface area (Å²) in [4.78, 5) is 0. The first kappa shape index (κ1) is 6.14. The van der Waals surface area contributed by atoms with Crippen LogP contribution in [0, 0.1) is 5.82 Å². The second kappa shape index (κ2) is 2.09. The summed E-state index contributed by atoms with van der Waals surface area (Å²) in [5, 5.41) is 8.70. The zero-order chi connectivity index (χ0) is 6.85. The molecule has 1 rings (SSSR count). The van der Waals surface area contributed by atoms with E-state index in [1.807, 2.05) is 0 Å². The SMILES string of the molecule is Bc1ccc(O)cc1F. The Morgan fingerprint density at radius 1 is 1.44 bits per heavy atom. The third-order valence-electron chi connectivity index (χ3n) is 1.16. The number of hydrogen-bond donors (Lipinski definition) is 1. The van der Waals surface area contributed by atoms with Crippen LogP contribution in [0.5, 0.6) is 5.75 Å². The van der Waals surface area contributed by atoms with Crippen LogP contribution in [0.15, 0.2) is 18.2 Å². The summed E-state index contributed by atoms with van der Waals surface area (Å²) >= 11 is 0. The van der Waals surface area contributed by atoms with Gasteiger partial charge in [-0.1, -0.05) is 11.5 Å². The van der Waals surface area contributed by atoms with Gasteiger partial charge in [0.15, 0.2) is 0 Å². The van der Waals surface area contributed by atoms with Gasteiger partial charge in [0.25, 0.3) is 0 Å². The molecule has 9 heavy (non-hydrogen) atoms. The van der Waals surface area contributed by atoms with Crippen LogP contribution in [0.2, 0.25) is 0 Å². The smallest absolute Gasteiger partial charge is 0.143 e. The molecule has 0 atom stereocenters. The van der Waals surface area contributed by atoms with Gasteiger partial charge in [-0.05, 0) is 6.07 Å². The van der Waals surface area contributed by atoms with Crippen LogP contribution in [0.1, 0.15) is 0 Å². The van der Waals surface area contributed by atoms with Gasteiger partial charge in [-0.2, -0.15) is 0 Å². The van der Waals surface area contributed by atoms with Crippen molar-refractivity contribution >= 4 is 13.3 Å². The lowest BCUT2D eigenvalue weighted by Gasteiger charge is -1.94. The number of aromatic hydroxyl groups is 1. The van der Waals surface area contributed by atoms with Gasteiger partial charge in [0.05, 0.1) is 0 Å². The topological polar surface area (TPSA) is 20.2 Å². The van der Waals surface area contributed by atoms with Gasteiger partial charge in [0, 0.05) is 6.07 Å². The molecule has 0 aliphatic rings. The van der Waals surface area contributed by atoms with Crippen LogP contribution in [-0.2, 0) is 0 Å². The molecule has 0 aromatic heterocycles. The van der Waals surface area contributed by atoms with E-state index in [-0.39, 0.29) is 11.6 Å². The lowest BCUT2D eigenvalue weighted by Crippen LogP contribution is -2.06. The van der Waals surface area contributed by atoms with Gasteiger partial charge in [0.2, 0.25) is 0 Å². The maximum absolute atomic E-state index is 12.4. The maximum Gasteiger partial charge on any atom is 0.143 e. The van der Waals surface area contributed by atoms with Crippen molar-refractivity contribution in [3.8, 4) is 5.75 Å². The predicted octanol–water partition coefficient (Wildman–Crippen LogP) is -0.210. The fourth-order valence-corrected chi connectivity index (χ4v) is 0.582. The highest BCUT2D eigenvalue weighted by Gasteiger charge is 1.94. The summed E-state index contributed by atoms with van der Waals surface area (Å²) in [5.41, 5.74) is 0.549. The standard InChI is InChI=1S/C6H6BFO/c7-5-2-1-4(9)3-6(5)8/h1-3,9H,7H2. The van der Waals surface area contributed by atoms with E-state index in [4.69, 9.17) is 5.11 Å². The van der Waals surface area contributed by atoms with Gasteiger partial charge in [-0.15, -0.1) is 0 Å². The van der Waals surface area contributed by atoms with E-state index in [9.17, 15) is 4.39 Å². The Hall–Kier alpha value is -0.985. The number of hydrogen-bond acceptors (Lipinski definition) is 1. The fourth-order valence-electron chi connectivity index (χ4n) is 0.582. The average molecular weight is 124 g/mol. The minimum Gasteiger partial charge on any atom is -0.508 e. The predicted molar refractivity (Wildman–Crippen MR) is 36.2 cm³/mol. The summed E-state index contributed by atoms with van der Waals surface area (Å²) in [5.74, 6) is -0.395. The highest BCUT2D eigenvalue weighted by molar-refractivity contribution is 6.32. The molecule has 0 heterocycles. The highest BCUT2D eigenvalue weighted by atomic mass is 19.1. The molecule has 0 aliphatic heterocycles. The molecule has 0 unspecified atom stereocenters. The molecule has 0 radical (unpaired) electrons. The van der Waals surface area contributed by atoms with Gasteiger partial charge < -0.3 is 5.11 Å². The van der Waals surface area contributed by atoms with E-state index in [2.05, 4.69) is 0 Å². The molecule has 1 N–H and O–H groups in total. The van der Waals surface area contributed by atoms with Crippen LogP contribution in [0.3, 0.4) is 0 Å². The number of phenolic OH excluding ortho intramolecular Hbond substituents is 1. The molecule has 0 saturated carbocycles. The Morgan fingerprint density at radius 3 is 2.56 bits per heavy atom. The molecule has 1 nitrogen and oxygen atoms in total. The van der Waals surface area contributed by atoms with E-state index in [0.29, 0.717) is 5.46 Å². The van der Waals surface area contributed by atoms with Gasteiger partial charge in [0.1, 0.15) is 19.4 Å². The average Bonchev–Trinajstić information content (AvgIpc) is 1.80. The van der Waals surface area contributed by atoms with Crippen LogP contribution < -0.4 is 5.46 Å². The van der Waals surface area contributed by atoms with Crippen LogP contribution in [0.4, 0.5) is 4.39 Å². The molecule has 1 aromatic rings. The molecular weight excluding hydrogens is 118 g/mol. The Balaban J connectivity index is 3.17. The van der Waals surface area contributed by atoms with Crippen LogP contribution in [-0.4, -0.2) is 13.0 Å². The van der Waals surface area contributed by atoms with Crippen molar-refractivity contribution in [1.29, 1.82) is 0 Å². The normalized spacial score (nSPS) is 9.44. The summed E-state index contributed by atoms with van der Waals surface area (Å²) in [7, 11) is 1.65. The Morgan fingerprint density at radius 2 is 2.11 bits per heavy atom. The van der Waals surface area contributed by atoms with Crippen LogP contribution in [0.25, 0.3) is 0 Å². The molecule has 0 aliphatic carbocycles. The first-order chi connectivity index (χ1) is 4.20. The van der Waals surface area contributed by atoms with Gasteiger partial charge in [-0.3, -0.25) is 0 Å². The summed E-state index contributed by atoms with van der Waals surface area (Å²) in [6.07, 6.45) is 0. The summed E-state index contributed by atoms with van der Waals surface area (Å²) in [6, 6.07) is 4.08. The minimum atomic E-state index is -0.366. The van der Waals surface area contributed by atoms with Crippen molar-refractivity contribution < 1.29 is 9.50 Å². The Bertz CT molecular complexity index is 224. The second-order valence-corrected chi connectivity index (χ2v) is 1.93. The van der Waals surface area contributed by atoms with Crippen molar-refractivity contribution in [2.75, 3.05) is 0 Å². The first-order valence-corrected chi connectivity index (χ1v) is 2.65. The van der Waals surface area contributed by atoms with E-state index in [1.54, 1.807) is 7.85 Å². The fraction of sp³-hybridized carbons (Fsp3) is 0. The summed E-state index contributed by atoms with van der Waals surface area (Å²) < 4.78 is 12.4. The van der Waals surface area contributed by atoms with E-state index in [0.717, 1.165) is 6.07 Å². The molecule has 0 bridgehead atoms. The molecular formula is C6H6BFO. The number of benzene rings is 1. The zero-order valence-electron chi connectivity index (χ0n) is 5.06. The Kier molecular flexibility index (Phi) is 1.43. The molecule has 0 fully saturated rings. The minimum absolute atomic E-state index is 0.0295. The van der Waals surface area contributed by atoms with Gasteiger partial charge in [-0.25, -0.2) is 4.39 Å².